The van der Waals surface area contributed by atoms with E-state index >= 15 is 0 Å². The van der Waals surface area contributed by atoms with Crippen LogP contribution in [0, 0.1) is 21.7 Å². The summed E-state index contributed by atoms with van der Waals surface area (Å²) in [6, 6.07) is 0. The summed E-state index contributed by atoms with van der Waals surface area (Å²) in [6.45, 7) is 8.89. The van der Waals surface area contributed by atoms with Crippen LogP contribution in [0.15, 0.2) is 0 Å². The maximum absolute atomic E-state index is 10.6. The maximum atomic E-state index is 10.6. The number of aliphatic carboxylic acids is 1. The van der Waals surface area contributed by atoms with Gasteiger partial charge in [-0.05, 0) is 73.0 Å². The first kappa shape index (κ1) is 21.6. The van der Waals surface area contributed by atoms with Crippen molar-refractivity contribution in [1.29, 1.82) is 0 Å². The molecule has 2 heterocycles. The van der Waals surface area contributed by atoms with E-state index in [9.17, 15) is 13.2 Å². The van der Waals surface area contributed by atoms with Gasteiger partial charge in [0.15, 0.2) is 0 Å². The fourth-order valence-electron chi connectivity index (χ4n) is 8.58. The molecule has 8 heteroatoms. The van der Waals surface area contributed by atoms with Crippen LogP contribution in [0.4, 0.5) is 13.2 Å². The highest BCUT2D eigenvalue weighted by atomic mass is 19.4. The van der Waals surface area contributed by atoms with Crippen molar-refractivity contribution in [2.24, 2.45) is 21.7 Å². The minimum absolute atomic E-state index is 0.494. The number of aromatic nitrogens is 3. The molecule has 5 aliphatic rings. The number of carboxylic acids is 1. The molecule has 0 spiro atoms. The van der Waals surface area contributed by atoms with Crippen molar-refractivity contribution < 1.29 is 23.1 Å². The largest absolute Gasteiger partial charge is 0.490 e. The van der Waals surface area contributed by atoms with E-state index in [1.54, 1.807) is 0 Å². The van der Waals surface area contributed by atoms with E-state index in [4.69, 9.17) is 9.90 Å². The van der Waals surface area contributed by atoms with E-state index in [0.29, 0.717) is 21.7 Å². The lowest BCUT2D eigenvalue weighted by atomic mass is 9.36. The van der Waals surface area contributed by atoms with Crippen LogP contribution in [0.25, 0.3) is 0 Å². The number of fused-ring (bicyclic) bond motifs is 1. The van der Waals surface area contributed by atoms with Gasteiger partial charge in [0.1, 0.15) is 11.6 Å². The Bertz CT molecular complexity index is 794. The summed E-state index contributed by atoms with van der Waals surface area (Å²) in [5, 5.41) is 16.3. The van der Waals surface area contributed by atoms with Gasteiger partial charge in [-0.15, -0.1) is 10.2 Å². The Morgan fingerprint density at radius 1 is 0.967 bits per heavy atom. The minimum Gasteiger partial charge on any atom is -0.475 e. The summed E-state index contributed by atoms with van der Waals surface area (Å²) in [5.74, 6) is -0.204. The lowest BCUT2D eigenvalue weighted by molar-refractivity contribution is -0.192. The monoisotopic (exact) mass is 427 g/mol. The Labute approximate surface area is 175 Å². The van der Waals surface area contributed by atoms with Gasteiger partial charge < -0.3 is 9.67 Å². The van der Waals surface area contributed by atoms with Crippen molar-refractivity contribution >= 4 is 5.97 Å². The second-order valence-corrected chi connectivity index (χ2v) is 11.6. The molecule has 1 aliphatic heterocycles. The van der Waals surface area contributed by atoms with Gasteiger partial charge in [0.05, 0.1) is 0 Å². The molecule has 0 aromatic carbocycles. The van der Waals surface area contributed by atoms with E-state index in [2.05, 4.69) is 35.5 Å². The van der Waals surface area contributed by atoms with Crippen LogP contribution >= 0.6 is 0 Å². The average Bonchev–Trinajstić information content (AvgIpc) is 2.92. The van der Waals surface area contributed by atoms with Crippen LogP contribution in [0.1, 0.15) is 83.8 Å². The van der Waals surface area contributed by atoms with Crippen molar-refractivity contribution in [2.45, 2.75) is 97.7 Å². The van der Waals surface area contributed by atoms with Gasteiger partial charge in [0.25, 0.3) is 0 Å². The zero-order chi connectivity index (χ0) is 22.0. The summed E-state index contributed by atoms with van der Waals surface area (Å²) in [6.07, 6.45) is 8.46. The summed E-state index contributed by atoms with van der Waals surface area (Å²) in [5.41, 5.74) is 2.21. The molecule has 6 rings (SSSR count). The fourth-order valence-corrected chi connectivity index (χ4v) is 8.58. The van der Waals surface area contributed by atoms with Gasteiger partial charge in [-0.25, -0.2) is 4.79 Å². The second kappa shape index (κ2) is 6.70. The number of hydrogen-bond acceptors (Lipinski definition) is 3. The van der Waals surface area contributed by atoms with Crippen molar-refractivity contribution in [3.8, 4) is 0 Å². The number of hydrogen-bond donors (Lipinski definition) is 1. The summed E-state index contributed by atoms with van der Waals surface area (Å²) < 4.78 is 34.2. The molecule has 1 aromatic rings. The predicted molar refractivity (Wildman–Crippen MR) is 105 cm³/mol. The molecule has 0 amide bonds. The van der Waals surface area contributed by atoms with E-state index in [0.717, 1.165) is 13.0 Å². The second-order valence-electron chi connectivity index (χ2n) is 11.6. The standard InChI is InChI=1S/C20H31N3.C2HF3O2/c1-17-9-18(2)11-19(3,10-17)14-20(12-17,13-18)8-16-22-21-15-6-4-5-7-23(15)16;3-2(4,5)1(6)7/h4-14H2,1-3H3;(H,6,7). The molecule has 0 radical (unpaired) electrons. The third-order valence-corrected chi connectivity index (χ3v) is 7.68. The van der Waals surface area contributed by atoms with Crippen molar-refractivity contribution in [3.63, 3.8) is 0 Å². The van der Waals surface area contributed by atoms with E-state index in [1.165, 1.54) is 69.4 Å². The molecule has 5 nitrogen and oxygen atoms in total. The fraction of sp³-hybridized carbons (Fsp3) is 0.864. The van der Waals surface area contributed by atoms with Gasteiger partial charge in [-0.3, -0.25) is 0 Å². The molecule has 1 N–H and O–H groups in total. The number of carboxylic acid groups (broad SMARTS) is 1. The van der Waals surface area contributed by atoms with Crippen molar-refractivity contribution in [3.05, 3.63) is 11.6 Å². The lowest BCUT2D eigenvalue weighted by Gasteiger charge is -2.69. The smallest absolute Gasteiger partial charge is 0.475 e. The Hall–Kier alpha value is -1.60. The van der Waals surface area contributed by atoms with Crippen LogP contribution in [0.5, 0.6) is 0 Å². The third-order valence-electron chi connectivity index (χ3n) is 7.68. The normalized spacial score (nSPS) is 39.3. The van der Waals surface area contributed by atoms with Crippen LogP contribution < -0.4 is 0 Å². The highest BCUT2D eigenvalue weighted by Crippen LogP contribution is 2.74. The molecule has 0 unspecified atom stereocenters. The van der Waals surface area contributed by atoms with Gasteiger partial charge in [-0.1, -0.05) is 20.8 Å². The Morgan fingerprint density at radius 3 is 1.93 bits per heavy atom. The number of carbonyl (C=O) groups is 1. The predicted octanol–water partition coefficient (Wildman–Crippen LogP) is 5.18. The molecular formula is C22H32F3N3O2. The van der Waals surface area contributed by atoms with Gasteiger partial charge in [0, 0.05) is 19.4 Å². The Kier molecular flexibility index (Phi) is 4.83. The number of nitrogens with zero attached hydrogens (tertiary/aromatic N) is 3. The average molecular weight is 428 g/mol. The minimum atomic E-state index is -5.08. The zero-order valence-corrected chi connectivity index (χ0v) is 18.1. The molecule has 4 saturated carbocycles. The van der Waals surface area contributed by atoms with Gasteiger partial charge in [-0.2, -0.15) is 13.2 Å². The topological polar surface area (TPSA) is 68.0 Å². The SMILES string of the molecule is CC12CC3(C)CC(C)(C1)CC(Cc1nnc4n1CCCC4)(C2)C3.O=C(O)C(F)(F)F. The molecule has 0 atom stereocenters. The molecule has 4 fully saturated rings. The van der Waals surface area contributed by atoms with Crippen molar-refractivity contribution in [1.82, 2.24) is 14.8 Å². The van der Waals surface area contributed by atoms with Crippen LogP contribution in [-0.2, 0) is 24.2 Å². The molecule has 0 saturated heterocycles. The number of aryl methyl sites for hydroxylation is 1. The third kappa shape index (κ3) is 3.98. The van der Waals surface area contributed by atoms with Crippen LogP contribution in [0.3, 0.4) is 0 Å². The first-order valence-corrected chi connectivity index (χ1v) is 11.0. The first-order valence-electron chi connectivity index (χ1n) is 11.0. The quantitative estimate of drug-likeness (QED) is 0.706. The van der Waals surface area contributed by atoms with Gasteiger partial charge >= 0.3 is 12.1 Å². The molecule has 1 aromatic heterocycles. The summed E-state index contributed by atoms with van der Waals surface area (Å²) in [4.78, 5) is 8.90. The maximum Gasteiger partial charge on any atom is 0.490 e. The Balaban J connectivity index is 0.000000272. The van der Waals surface area contributed by atoms with E-state index in [-0.39, 0.29) is 0 Å². The highest BCUT2D eigenvalue weighted by molar-refractivity contribution is 5.73. The van der Waals surface area contributed by atoms with Crippen molar-refractivity contribution in [2.75, 3.05) is 0 Å². The molecule has 4 aliphatic carbocycles. The number of rotatable bonds is 2. The van der Waals surface area contributed by atoms with E-state index < -0.39 is 12.1 Å². The van der Waals surface area contributed by atoms with Crippen LogP contribution in [-0.4, -0.2) is 32.0 Å². The number of alkyl halides is 3. The highest BCUT2D eigenvalue weighted by Gasteiger charge is 2.64. The van der Waals surface area contributed by atoms with Gasteiger partial charge in [0.2, 0.25) is 0 Å². The molecule has 168 valence electrons. The molecule has 4 bridgehead atoms. The Morgan fingerprint density at radius 2 is 1.47 bits per heavy atom. The lowest BCUT2D eigenvalue weighted by Crippen LogP contribution is -2.59. The molecular weight excluding hydrogens is 395 g/mol. The first-order chi connectivity index (χ1) is 13.7. The van der Waals surface area contributed by atoms with Crippen LogP contribution in [0.2, 0.25) is 0 Å². The summed E-state index contributed by atoms with van der Waals surface area (Å²) in [7, 11) is 0. The molecule has 30 heavy (non-hydrogen) atoms. The summed E-state index contributed by atoms with van der Waals surface area (Å²) >= 11 is 0. The zero-order valence-electron chi connectivity index (χ0n) is 18.1. The number of halogens is 3. The van der Waals surface area contributed by atoms with E-state index in [1.807, 2.05) is 0 Å².